The monoisotopic (exact) mass is 502 g/mol. The molecule has 9 heteroatoms. The first-order valence-electron chi connectivity index (χ1n) is 10.8. The fraction of sp³-hybridized carbons (Fsp3) is 0.115. The normalized spacial score (nSPS) is 10.8. The molecule has 0 aliphatic carbocycles. The molecule has 7 nitrogen and oxygen atoms in total. The van der Waals surface area contributed by atoms with Crippen LogP contribution in [0, 0.1) is 6.92 Å². The van der Waals surface area contributed by atoms with Gasteiger partial charge in [-0.2, -0.15) is 0 Å². The van der Waals surface area contributed by atoms with Gasteiger partial charge in [0.25, 0.3) is 5.91 Å². The Morgan fingerprint density at radius 1 is 0.886 bits per heavy atom. The third-order valence-electron chi connectivity index (χ3n) is 5.31. The Balaban J connectivity index is 1.25. The number of aromatic nitrogens is 2. The van der Waals surface area contributed by atoms with Crippen LogP contribution in [0.3, 0.4) is 0 Å². The van der Waals surface area contributed by atoms with E-state index in [2.05, 4.69) is 34.7 Å². The molecule has 2 aromatic heterocycles. The highest BCUT2D eigenvalue weighted by atomic mass is 32.1. The van der Waals surface area contributed by atoms with Crippen molar-refractivity contribution in [2.75, 3.05) is 24.9 Å². The zero-order valence-electron chi connectivity index (χ0n) is 19.3. The zero-order chi connectivity index (χ0) is 24.4. The summed E-state index contributed by atoms with van der Waals surface area (Å²) in [4.78, 5) is 21.9. The number of nitrogens with one attached hydrogen (secondary N) is 2. The topological polar surface area (TPSA) is 85.4 Å². The van der Waals surface area contributed by atoms with Gasteiger partial charge in [0.15, 0.2) is 16.6 Å². The van der Waals surface area contributed by atoms with Crippen molar-refractivity contribution in [2.45, 2.75) is 6.92 Å². The summed E-state index contributed by atoms with van der Waals surface area (Å²) in [7, 11) is 3.17. The molecule has 2 heterocycles. The maximum atomic E-state index is 12.7. The van der Waals surface area contributed by atoms with Gasteiger partial charge in [0.2, 0.25) is 0 Å². The first kappa shape index (κ1) is 22.8. The number of methoxy groups -OCH3 is 2. The van der Waals surface area contributed by atoms with E-state index in [0.717, 1.165) is 21.8 Å². The Kier molecular flexibility index (Phi) is 6.35. The molecule has 0 atom stereocenters. The lowest BCUT2D eigenvalue weighted by Gasteiger charge is -2.09. The number of rotatable bonds is 7. The molecule has 0 fully saturated rings. The number of carbonyl (C=O) groups is 1. The number of fused-ring (bicyclic) bond motifs is 1. The minimum absolute atomic E-state index is 0.273. The van der Waals surface area contributed by atoms with Gasteiger partial charge in [-0.15, -0.1) is 22.7 Å². The number of carbonyl (C=O) groups excluding carboxylic acids is 1. The average molecular weight is 503 g/mol. The van der Waals surface area contributed by atoms with E-state index in [4.69, 9.17) is 14.5 Å². The molecule has 5 rings (SSSR count). The van der Waals surface area contributed by atoms with Gasteiger partial charge in [-0.1, -0.05) is 6.07 Å². The molecular formula is C26H22N4O3S2. The number of hydrogen-bond acceptors (Lipinski definition) is 8. The maximum absolute atomic E-state index is 12.7. The summed E-state index contributed by atoms with van der Waals surface area (Å²) >= 11 is 3.01. The van der Waals surface area contributed by atoms with Crippen molar-refractivity contribution in [1.82, 2.24) is 9.97 Å². The van der Waals surface area contributed by atoms with Gasteiger partial charge in [0.05, 0.1) is 24.4 Å². The highest BCUT2D eigenvalue weighted by Gasteiger charge is 2.13. The highest BCUT2D eigenvalue weighted by molar-refractivity contribution is 7.21. The van der Waals surface area contributed by atoms with E-state index in [1.54, 1.807) is 37.0 Å². The number of thiazole rings is 2. The van der Waals surface area contributed by atoms with Crippen LogP contribution in [0.4, 0.5) is 16.5 Å². The fourth-order valence-corrected chi connectivity index (χ4v) is 5.30. The van der Waals surface area contributed by atoms with E-state index in [1.807, 2.05) is 42.5 Å². The van der Waals surface area contributed by atoms with Gasteiger partial charge in [-0.05, 0) is 61.0 Å². The van der Waals surface area contributed by atoms with Crippen LogP contribution in [0.25, 0.3) is 20.8 Å². The van der Waals surface area contributed by atoms with Crippen LogP contribution in [0.2, 0.25) is 0 Å². The second-order valence-corrected chi connectivity index (χ2v) is 9.64. The molecule has 0 saturated carbocycles. The molecule has 0 spiro atoms. The molecule has 5 aromatic rings. The summed E-state index contributed by atoms with van der Waals surface area (Å²) in [6, 6.07) is 19.4. The van der Waals surface area contributed by atoms with Crippen LogP contribution >= 0.6 is 22.7 Å². The lowest BCUT2D eigenvalue weighted by atomic mass is 10.2. The van der Waals surface area contributed by atoms with Crippen molar-refractivity contribution in [2.24, 2.45) is 0 Å². The van der Waals surface area contributed by atoms with Crippen molar-refractivity contribution in [3.8, 4) is 22.1 Å². The standard InChI is InChI=1S/C26H22N4O3S2/c1-15-4-10-19-23(12-15)35-25(29-19)16-5-7-17(8-6-16)27-24(31)20-14-34-26(30-20)28-18-9-11-21(32-2)22(13-18)33-3/h4-14H,1-3H3,(H,27,31)(H,28,30). The van der Waals surface area contributed by atoms with E-state index in [9.17, 15) is 4.79 Å². The van der Waals surface area contributed by atoms with Gasteiger partial charge in [0, 0.05) is 28.4 Å². The van der Waals surface area contributed by atoms with Crippen LogP contribution in [0.15, 0.2) is 66.0 Å². The summed E-state index contributed by atoms with van der Waals surface area (Å²) in [6.07, 6.45) is 0. The molecule has 1 amide bonds. The number of amides is 1. The SMILES string of the molecule is COc1ccc(Nc2nc(C(=O)Nc3ccc(-c4nc5ccc(C)cc5s4)cc3)cs2)cc1OC. The summed E-state index contributed by atoms with van der Waals surface area (Å²) in [5.74, 6) is 0.975. The number of aryl methyl sites for hydroxylation is 1. The smallest absolute Gasteiger partial charge is 0.275 e. The predicted octanol–water partition coefficient (Wildman–Crippen LogP) is 6.74. The second kappa shape index (κ2) is 9.73. The third-order valence-corrected chi connectivity index (χ3v) is 7.13. The largest absolute Gasteiger partial charge is 0.493 e. The number of ether oxygens (including phenoxy) is 2. The van der Waals surface area contributed by atoms with Crippen molar-refractivity contribution >= 4 is 55.3 Å². The zero-order valence-corrected chi connectivity index (χ0v) is 20.9. The van der Waals surface area contributed by atoms with Gasteiger partial charge >= 0.3 is 0 Å². The minimum Gasteiger partial charge on any atom is -0.493 e. The molecule has 0 bridgehead atoms. The number of anilines is 3. The van der Waals surface area contributed by atoms with Gasteiger partial charge in [-0.3, -0.25) is 4.79 Å². The molecule has 2 N–H and O–H groups in total. The van der Waals surface area contributed by atoms with Crippen molar-refractivity contribution in [3.63, 3.8) is 0 Å². The lowest BCUT2D eigenvalue weighted by molar-refractivity contribution is 0.102. The van der Waals surface area contributed by atoms with Crippen LogP contribution < -0.4 is 20.1 Å². The Bertz CT molecular complexity index is 1510. The number of hydrogen-bond donors (Lipinski definition) is 2. The molecule has 0 radical (unpaired) electrons. The van der Waals surface area contributed by atoms with Crippen molar-refractivity contribution in [1.29, 1.82) is 0 Å². The van der Waals surface area contributed by atoms with Crippen molar-refractivity contribution in [3.05, 3.63) is 77.3 Å². The Morgan fingerprint density at radius 3 is 2.43 bits per heavy atom. The molecule has 0 aliphatic heterocycles. The van der Waals surface area contributed by atoms with E-state index in [0.29, 0.717) is 28.0 Å². The van der Waals surface area contributed by atoms with Crippen LogP contribution in [-0.2, 0) is 0 Å². The first-order chi connectivity index (χ1) is 17.0. The summed E-state index contributed by atoms with van der Waals surface area (Å²) in [5.41, 5.74) is 5.03. The molecule has 3 aromatic carbocycles. The fourth-order valence-electron chi connectivity index (χ4n) is 3.52. The second-order valence-electron chi connectivity index (χ2n) is 7.75. The van der Waals surface area contributed by atoms with Crippen LogP contribution in [0.5, 0.6) is 11.5 Å². The molecule has 0 saturated heterocycles. The highest BCUT2D eigenvalue weighted by Crippen LogP contribution is 2.33. The van der Waals surface area contributed by atoms with Gasteiger partial charge in [0.1, 0.15) is 10.7 Å². The van der Waals surface area contributed by atoms with Crippen LogP contribution in [-0.4, -0.2) is 30.1 Å². The van der Waals surface area contributed by atoms with Crippen molar-refractivity contribution < 1.29 is 14.3 Å². The van der Waals surface area contributed by atoms with E-state index < -0.39 is 0 Å². The third kappa shape index (κ3) is 4.96. The number of nitrogens with zero attached hydrogens (tertiary/aromatic N) is 2. The van der Waals surface area contributed by atoms with Gasteiger partial charge < -0.3 is 20.1 Å². The van der Waals surface area contributed by atoms with E-state index in [1.165, 1.54) is 21.6 Å². The van der Waals surface area contributed by atoms with Crippen LogP contribution in [0.1, 0.15) is 16.1 Å². The molecule has 35 heavy (non-hydrogen) atoms. The Hall–Kier alpha value is -3.95. The predicted molar refractivity (Wildman–Crippen MR) is 143 cm³/mol. The van der Waals surface area contributed by atoms with E-state index in [-0.39, 0.29) is 5.91 Å². The first-order valence-corrected chi connectivity index (χ1v) is 12.5. The molecule has 0 aliphatic rings. The lowest BCUT2D eigenvalue weighted by Crippen LogP contribution is -2.12. The quantitative estimate of drug-likeness (QED) is 0.256. The molecule has 0 unspecified atom stereocenters. The summed E-state index contributed by atoms with van der Waals surface area (Å²) < 4.78 is 11.8. The van der Waals surface area contributed by atoms with E-state index >= 15 is 0 Å². The minimum atomic E-state index is -0.273. The Morgan fingerprint density at radius 2 is 1.66 bits per heavy atom. The molecule has 176 valence electrons. The summed E-state index contributed by atoms with van der Waals surface area (Å²) in [5, 5.41) is 9.37. The Labute approximate surface area is 210 Å². The van der Waals surface area contributed by atoms with Gasteiger partial charge in [-0.25, -0.2) is 9.97 Å². The maximum Gasteiger partial charge on any atom is 0.275 e. The summed E-state index contributed by atoms with van der Waals surface area (Å²) in [6.45, 7) is 2.08. The molecular weight excluding hydrogens is 480 g/mol. The average Bonchev–Trinajstić information content (AvgIpc) is 3.51. The number of benzene rings is 3.